The zero-order chi connectivity index (χ0) is 10.8. The van der Waals surface area contributed by atoms with E-state index in [1.54, 1.807) is 0 Å². The number of hydrogen-bond donors (Lipinski definition) is 2. The second-order valence-corrected chi connectivity index (χ2v) is 4.27. The Morgan fingerprint density at radius 1 is 1.47 bits per heavy atom. The van der Waals surface area contributed by atoms with Crippen molar-refractivity contribution in [3.05, 3.63) is 0 Å². The predicted molar refractivity (Wildman–Crippen MR) is 55.2 cm³/mol. The molecule has 0 spiro atoms. The van der Waals surface area contributed by atoms with Gasteiger partial charge < -0.3 is 10.2 Å². The van der Waals surface area contributed by atoms with E-state index in [1.165, 1.54) is 6.42 Å². The standard InChI is InChI=1S/C10H17N3O2/c1-13(7-3-2-4-7)10(15)8-5-12-9(14)6-11-8/h7-8,11H,2-6H2,1H3,(H,12,14). The van der Waals surface area contributed by atoms with E-state index in [2.05, 4.69) is 10.6 Å². The van der Waals surface area contributed by atoms with Gasteiger partial charge in [-0.25, -0.2) is 0 Å². The minimum atomic E-state index is -0.242. The Kier molecular flexibility index (Phi) is 2.90. The van der Waals surface area contributed by atoms with Gasteiger partial charge in [-0.3, -0.25) is 14.9 Å². The van der Waals surface area contributed by atoms with E-state index in [0.717, 1.165) is 12.8 Å². The number of hydrogen-bond acceptors (Lipinski definition) is 3. The summed E-state index contributed by atoms with van der Waals surface area (Å²) in [6.07, 6.45) is 3.44. The fraction of sp³-hybridized carbons (Fsp3) is 0.800. The van der Waals surface area contributed by atoms with Crippen molar-refractivity contribution in [3.8, 4) is 0 Å². The molecule has 5 nitrogen and oxygen atoms in total. The number of nitrogens with zero attached hydrogens (tertiary/aromatic N) is 1. The Morgan fingerprint density at radius 3 is 2.67 bits per heavy atom. The summed E-state index contributed by atoms with van der Waals surface area (Å²) in [7, 11) is 1.85. The van der Waals surface area contributed by atoms with Gasteiger partial charge in [0.15, 0.2) is 0 Å². The second kappa shape index (κ2) is 4.18. The van der Waals surface area contributed by atoms with Crippen LogP contribution in [0.1, 0.15) is 19.3 Å². The summed E-state index contributed by atoms with van der Waals surface area (Å²) in [6.45, 7) is 0.656. The molecule has 0 aromatic carbocycles. The van der Waals surface area contributed by atoms with Gasteiger partial charge in [0.2, 0.25) is 11.8 Å². The van der Waals surface area contributed by atoms with Crippen molar-refractivity contribution in [1.82, 2.24) is 15.5 Å². The molecular weight excluding hydrogens is 194 g/mol. The molecule has 0 radical (unpaired) electrons. The summed E-state index contributed by atoms with van der Waals surface area (Å²) in [4.78, 5) is 24.7. The minimum absolute atomic E-state index is 0.0367. The van der Waals surface area contributed by atoms with Crippen molar-refractivity contribution >= 4 is 11.8 Å². The minimum Gasteiger partial charge on any atom is -0.353 e. The van der Waals surface area contributed by atoms with Gasteiger partial charge in [0.1, 0.15) is 6.04 Å². The van der Waals surface area contributed by atoms with Crippen molar-refractivity contribution in [2.75, 3.05) is 20.1 Å². The van der Waals surface area contributed by atoms with Crippen molar-refractivity contribution in [1.29, 1.82) is 0 Å². The fourth-order valence-electron chi connectivity index (χ4n) is 1.94. The number of piperazine rings is 1. The van der Waals surface area contributed by atoms with E-state index < -0.39 is 0 Å². The van der Waals surface area contributed by atoms with Crippen molar-refractivity contribution in [2.45, 2.75) is 31.3 Å². The SMILES string of the molecule is CN(C(=O)C1CNC(=O)CN1)C1CCC1. The molecule has 1 saturated carbocycles. The molecule has 1 saturated heterocycles. The van der Waals surface area contributed by atoms with Crippen molar-refractivity contribution < 1.29 is 9.59 Å². The first kappa shape index (κ1) is 10.4. The Labute approximate surface area is 89.2 Å². The third kappa shape index (κ3) is 2.12. The lowest BCUT2D eigenvalue weighted by Gasteiger charge is -2.37. The molecule has 15 heavy (non-hydrogen) atoms. The Hall–Kier alpha value is -1.10. The van der Waals surface area contributed by atoms with E-state index in [1.807, 2.05) is 11.9 Å². The summed E-state index contributed by atoms with van der Waals surface area (Å²) in [5.74, 6) is 0.0602. The van der Waals surface area contributed by atoms with E-state index in [9.17, 15) is 9.59 Å². The van der Waals surface area contributed by atoms with E-state index in [0.29, 0.717) is 12.6 Å². The Balaban J connectivity index is 1.86. The first-order chi connectivity index (χ1) is 7.18. The third-order valence-electron chi connectivity index (χ3n) is 3.28. The topological polar surface area (TPSA) is 61.4 Å². The molecule has 1 atom stereocenters. The average Bonchev–Trinajstić information content (AvgIpc) is 2.15. The summed E-state index contributed by atoms with van der Waals surface area (Å²) >= 11 is 0. The molecule has 1 unspecified atom stereocenters. The average molecular weight is 211 g/mol. The highest BCUT2D eigenvalue weighted by Crippen LogP contribution is 2.23. The van der Waals surface area contributed by atoms with Crippen LogP contribution in [0.15, 0.2) is 0 Å². The second-order valence-electron chi connectivity index (χ2n) is 4.27. The molecule has 2 aliphatic rings. The smallest absolute Gasteiger partial charge is 0.241 e. The van der Waals surface area contributed by atoms with Crippen molar-refractivity contribution in [2.24, 2.45) is 0 Å². The van der Waals surface area contributed by atoms with Crippen molar-refractivity contribution in [3.63, 3.8) is 0 Å². The number of carbonyl (C=O) groups excluding carboxylic acids is 2. The van der Waals surface area contributed by atoms with Crippen LogP contribution in [0.3, 0.4) is 0 Å². The summed E-state index contributed by atoms with van der Waals surface area (Å²) < 4.78 is 0. The molecule has 1 aliphatic heterocycles. The van der Waals surface area contributed by atoms with E-state index in [-0.39, 0.29) is 24.4 Å². The third-order valence-corrected chi connectivity index (χ3v) is 3.28. The van der Waals surface area contributed by atoms with Gasteiger partial charge in [0, 0.05) is 19.6 Å². The highest BCUT2D eigenvalue weighted by atomic mass is 16.2. The highest BCUT2D eigenvalue weighted by Gasteiger charge is 2.31. The highest BCUT2D eigenvalue weighted by molar-refractivity contribution is 5.86. The molecule has 2 amide bonds. The molecule has 0 bridgehead atoms. The largest absolute Gasteiger partial charge is 0.353 e. The van der Waals surface area contributed by atoms with Crippen LogP contribution in [0.4, 0.5) is 0 Å². The van der Waals surface area contributed by atoms with Crippen LogP contribution < -0.4 is 10.6 Å². The summed E-state index contributed by atoms with van der Waals surface area (Å²) in [6, 6.07) is 0.172. The fourth-order valence-corrected chi connectivity index (χ4v) is 1.94. The monoisotopic (exact) mass is 211 g/mol. The van der Waals surface area contributed by atoms with Crippen LogP contribution in [0.5, 0.6) is 0 Å². The molecule has 2 rings (SSSR count). The van der Waals surface area contributed by atoms with Crippen LogP contribution >= 0.6 is 0 Å². The number of nitrogens with one attached hydrogen (secondary N) is 2. The van der Waals surface area contributed by atoms with Gasteiger partial charge in [-0.2, -0.15) is 0 Å². The van der Waals surface area contributed by atoms with Gasteiger partial charge in [-0.15, -0.1) is 0 Å². The zero-order valence-corrected chi connectivity index (χ0v) is 8.95. The van der Waals surface area contributed by atoms with Gasteiger partial charge in [-0.05, 0) is 19.3 Å². The van der Waals surface area contributed by atoms with Crippen LogP contribution in [-0.4, -0.2) is 48.9 Å². The normalized spacial score (nSPS) is 26.7. The first-order valence-electron chi connectivity index (χ1n) is 5.45. The van der Waals surface area contributed by atoms with E-state index >= 15 is 0 Å². The Morgan fingerprint density at radius 2 is 2.20 bits per heavy atom. The maximum Gasteiger partial charge on any atom is 0.241 e. The molecule has 1 heterocycles. The zero-order valence-electron chi connectivity index (χ0n) is 8.95. The van der Waals surface area contributed by atoms with Crippen LogP contribution in [0.25, 0.3) is 0 Å². The molecule has 2 fully saturated rings. The molecule has 2 N–H and O–H groups in total. The summed E-state index contributed by atoms with van der Waals surface area (Å²) in [5, 5.41) is 5.64. The molecule has 0 aromatic rings. The van der Waals surface area contributed by atoms with Crippen LogP contribution in [0, 0.1) is 0 Å². The van der Waals surface area contributed by atoms with Gasteiger partial charge in [-0.1, -0.05) is 0 Å². The lowest BCUT2D eigenvalue weighted by molar-refractivity contribution is -0.137. The van der Waals surface area contributed by atoms with Crippen LogP contribution in [-0.2, 0) is 9.59 Å². The molecular formula is C10H17N3O2. The number of carbonyl (C=O) groups is 2. The summed E-state index contributed by atoms with van der Waals surface area (Å²) in [5.41, 5.74) is 0. The quantitative estimate of drug-likeness (QED) is 0.621. The predicted octanol–water partition coefficient (Wildman–Crippen LogP) is -0.915. The maximum atomic E-state index is 12.0. The molecule has 84 valence electrons. The number of amides is 2. The van der Waals surface area contributed by atoms with Gasteiger partial charge >= 0.3 is 0 Å². The molecule has 5 heteroatoms. The molecule has 1 aliphatic carbocycles. The molecule has 0 aromatic heterocycles. The maximum absolute atomic E-state index is 12.0. The van der Waals surface area contributed by atoms with E-state index in [4.69, 9.17) is 0 Å². The van der Waals surface area contributed by atoms with Crippen LogP contribution in [0.2, 0.25) is 0 Å². The van der Waals surface area contributed by atoms with Gasteiger partial charge in [0.25, 0.3) is 0 Å². The first-order valence-corrected chi connectivity index (χ1v) is 5.45. The lowest BCUT2D eigenvalue weighted by Crippen LogP contribution is -2.59. The lowest BCUT2D eigenvalue weighted by atomic mass is 9.91. The number of rotatable bonds is 2. The Bertz CT molecular complexity index is 266. The van der Waals surface area contributed by atoms with Gasteiger partial charge in [0.05, 0.1) is 6.54 Å². The number of likely N-dealkylation sites (N-methyl/N-ethyl adjacent to an activating group) is 1.